The van der Waals surface area contributed by atoms with Gasteiger partial charge in [-0.3, -0.25) is 0 Å². The van der Waals surface area contributed by atoms with E-state index in [-0.39, 0.29) is 0 Å². The Hall–Kier alpha value is -0.820. The molecular weight excluding hydrogens is 170 g/mol. The monoisotopic (exact) mass is 189 g/mol. The Morgan fingerprint density at radius 3 is 2.43 bits per heavy atom. The minimum absolute atomic E-state index is 0.721. The highest BCUT2D eigenvalue weighted by Gasteiger charge is 2.20. The molecule has 0 aliphatic carbocycles. The summed E-state index contributed by atoms with van der Waals surface area (Å²) in [5.74, 6) is 1.59. The first-order valence-electron chi connectivity index (χ1n) is 5.63. The van der Waals surface area contributed by atoms with E-state index in [1.807, 2.05) is 0 Å². The summed E-state index contributed by atoms with van der Waals surface area (Å²) >= 11 is 0. The molecule has 1 heterocycles. The summed E-state index contributed by atoms with van der Waals surface area (Å²) in [5, 5.41) is 3.42. The van der Waals surface area contributed by atoms with Crippen molar-refractivity contribution in [3.05, 3.63) is 35.9 Å². The van der Waals surface area contributed by atoms with Gasteiger partial charge in [0.1, 0.15) is 0 Å². The molecule has 1 aliphatic heterocycles. The van der Waals surface area contributed by atoms with Gasteiger partial charge in [0.25, 0.3) is 0 Å². The van der Waals surface area contributed by atoms with Crippen molar-refractivity contribution in [3.63, 3.8) is 0 Å². The van der Waals surface area contributed by atoms with Crippen LogP contribution in [0.1, 0.15) is 31.2 Å². The predicted octanol–water partition coefficient (Wildman–Crippen LogP) is 2.79. The standard InChI is InChI=1S/C13H19N/c1-11(12-5-3-2-4-6-12)13-7-9-14-10-8-13/h2-6,11,13-14H,7-10H2,1H3/t11-/m1/s1. The van der Waals surface area contributed by atoms with E-state index in [0.717, 1.165) is 11.8 Å². The van der Waals surface area contributed by atoms with Gasteiger partial charge >= 0.3 is 0 Å². The van der Waals surface area contributed by atoms with Gasteiger partial charge in [-0.2, -0.15) is 0 Å². The molecule has 14 heavy (non-hydrogen) atoms. The Morgan fingerprint density at radius 1 is 1.14 bits per heavy atom. The predicted molar refractivity (Wildman–Crippen MR) is 60.5 cm³/mol. The number of benzene rings is 1. The first kappa shape index (κ1) is 9.72. The second-order valence-corrected chi connectivity index (χ2v) is 4.29. The van der Waals surface area contributed by atoms with Crippen molar-refractivity contribution in [1.82, 2.24) is 5.32 Å². The average molecular weight is 189 g/mol. The van der Waals surface area contributed by atoms with Gasteiger partial charge < -0.3 is 5.32 Å². The van der Waals surface area contributed by atoms with Gasteiger partial charge in [0, 0.05) is 0 Å². The second-order valence-electron chi connectivity index (χ2n) is 4.29. The van der Waals surface area contributed by atoms with Crippen LogP contribution in [0.25, 0.3) is 0 Å². The smallest absolute Gasteiger partial charge is 0.00461 e. The number of hydrogen-bond acceptors (Lipinski definition) is 1. The summed E-state index contributed by atoms with van der Waals surface area (Å²) in [7, 11) is 0. The highest BCUT2D eigenvalue weighted by molar-refractivity contribution is 5.19. The molecule has 0 bridgehead atoms. The van der Waals surface area contributed by atoms with Crippen LogP contribution in [-0.2, 0) is 0 Å². The van der Waals surface area contributed by atoms with Crippen LogP contribution < -0.4 is 5.32 Å². The minimum Gasteiger partial charge on any atom is -0.317 e. The molecule has 0 spiro atoms. The Kier molecular flexibility index (Phi) is 3.20. The topological polar surface area (TPSA) is 12.0 Å². The Bertz CT molecular complexity index is 262. The summed E-state index contributed by atoms with van der Waals surface area (Å²) < 4.78 is 0. The molecule has 0 unspecified atom stereocenters. The lowest BCUT2D eigenvalue weighted by Gasteiger charge is -2.28. The van der Waals surface area contributed by atoms with E-state index in [1.54, 1.807) is 0 Å². The van der Waals surface area contributed by atoms with E-state index in [0.29, 0.717) is 0 Å². The van der Waals surface area contributed by atoms with Crippen molar-refractivity contribution < 1.29 is 0 Å². The van der Waals surface area contributed by atoms with E-state index in [9.17, 15) is 0 Å². The molecule has 0 amide bonds. The zero-order chi connectivity index (χ0) is 9.80. The molecule has 0 aromatic heterocycles. The van der Waals surface area contributed by atoms with Crippen molar-refractivity contribution in [2.75, 3.05) is 13.1 Å². The van der Waals surface area contributed by atoms with Gasteiger partial charge in [-0.1, -0.05) is 37.3 Å². The van der Waals surface area contributed by atoms with Crippen LogP contribution in [0, 0.1) is 5.92 Å². The van der Waals surface area contributed by atoms with E-state index in [1.165, 1.54) is 31.5 Å². The third-order valence-corrected chi connectivity index (χ3v) is 3.42. The summed E-state index contributed by atoms with van der Waals surface area (Å²) in [5.41, 5.74) is 1.50. The molecule has 1 heteroatoms. The van der Waals surface area contributed by atoms with Gasteiger partial charge in [-0.15, -0.1) is 0 Å². The molecule has 1 aromatic rings. The van der Waals surface area contributed by atoms with E-state index in [2.05, 4.69) is 42.6 Å². The quantitative estimate of drug-likeness (QED) is 0.754. The summed E-state index contributed by atoms with van der Waals surface area (Å²) in [4.78, 5) is 0. The number of piperidine rings is 1. The third kappa shape index (κ3) is 2.16. The van der Waals surface area contributed by atoms with Crippen LogP contribution in [0.5, 0.6) is 0 Å². The van der Waals surface area contributed by atoms with Crippen molar-refractivity contribution in [3.8, 4) is 0 Å². The van der Waals surface area contributed by atoms with Gasteiger partial charge in [0.05, 0.1) is 0 Å². The zero-order valence-corrected chi connectivity index (χ0v) is 8.87. The molecule has 1 aliphatic rings. The van der Waals surface area contributed by atoms with Crippen LogP contribution in [0.15, 0.2) is 30.3 Å². The summed E-state index contributed by atoms with van der Waals surface area (Å²) in [6.45, 7) is 4.76. The molecule has 2 rings (SSSR count). The van der Waals surface area contributed by atoms with Gasteiger partial charge in [0.15, 0.2) is 0 Å². The molecule has 76 valence electrons. The average Bonchev–Trinajstić information content (AvgIpc) is 2.30. The molecule has 1 fully saturated rings. The van der Waals surface area contributed by atoms with Crippen LogP contribution in [0.2, 0.25) is 0 Å². The molecule has 1 nitrogen and oxygen atoms in total. The zero-order valence-electron chi connectivity index (χ0n) is 8.87. The molecule has 0 saturated carbocycles. The second kappa shape index (κ2) is 4.61. The Morgan fingerprint density at radius 2 is 1.79 bits per heavy atom. The SMILES string of the molecule is C[C@H](c1ccccc1)C1CCNCC1. The van der Waals surface area contributed by atoms with Crippen LogP contribution >= 0.6 is 0 Å². The minimum atomic E-state index is 0.721. The van der Waals surface area contributed by atoms with Crippen molar-refractivity contribution in [1.29, 1.82) is 0 Å². The van der Waals surface area contributed by atoms with Crippen LogP contribution in [-0.4, -0.2) is 13.1 Å². The number of rotatable bonds is 2. The van der Waals surface area contributed by atoms with Crippen molar-refractivity contribution >= 4 is 0 Å². The lowest BCUT2D eigenvalue weighted by atomic mass is 9.82. The maximum atomic E-state index is 3.42. The molecular formula is C13H19N. The lowest BCUT2D eigenvalue weighted by molar-refractivity contribution is 0.330. The van der Waals surface area contributed by atoms with E-state index < -0.39 is 0 Å². The fraction of sp³-hybridized carbons (Fsp3) is 0.538. The summed E-state index contributed by atoms with van der Waals surface area (Å²) in [6, 6.07) is 10.9. The van der Waals surface area contributed by atoms with E-state index >= 15 is 0 Å². The highest BCUT2D eigenvalue weighted by Crippen LogP contribution is 2.29. The molecule has 1 saturated heterocycles. The van der Waals surface area contributed by atoms with Crippen LogP contribution in [0.3, 0.4) is 0 Å². The van der Waals surface area contributed by atoms with Gasteiger partial charge in [-0.25, -0.2) is 0 Å². The molecule has 1 atom stereocenters. The molecule has 0 radical (unpaired) electrons. The normalized spacial score (nSPS) is 20.6. The lowest BCUT2D eigenvalue weighted by Crippen LogP contribution is -2.30. The van der Waals surface area contributed by atoms with Gasteiger partial charge in [0.2, 0.25) is 0 Å². The molecule has 1 aromatic carbocycles. The van der Waals surface area contributed by atoms with E-state index in [4.69, 9.17) is 0 Å². The van der Waals surface area contributed by atoms with Crippen molar-refractivity contribution in [2.45, 2.75) is 25.7 Å². The van der Waals surface area contributed by atoms with Gasteiger partial charge in [-0.05, 0) is 43.3 Å². The summed E-state index contributed by atoms with van der Waals surface area (Å²) in [6.07, 6.45) is 2.66. The Balaban J connectivity index is 2.03. The fourth-order valence-corrected chi connectivity index (χ4v) is 2.37. The largest absolute Gasteiger partial charge is 0.317 e. The first-order chi connectivity index (χ1) is 6.88. The Labute approximate surface area is 86.5 Å². The third-order valence-electron chi connectivity index (χ3n) is 3.42. The number of nitrogens with one attached hydrogen (secondary N) is 1. The van der Waals surface area contributed by atoms with Crippen molar-refractivity contribution in [2.24, 2.45) is 5.92 Å². The maximum Gasteiger partial charge on any atom is -0.00461 e. The number of hydrogen-bond donors (Lipinski definition) is 1. The maximum absolute atomic E-state index is 3.42. The van der Waals surface area contributed by atoms with Crippen LogP contribution in [0.4, 0.5) is 0 Å². The fourth-order valence-electron chi connectivity index (χ4n) is 2.37. The molecule has 1 N–H and O–H groups in total. The highest BCUT2D eigenvalue weighted by atomic mass is 14.9. The first-order valence-corrected chi connectivity index (χ1v) is 5.63.